The molecule has 1 amide bonds. The average molecular weight is 240 g/mol. The van der Waals surface area contributed by atoms with Crippen molar-refractivity contribution in [3.63, 3.8) is 0 Å². The van der Waals surface area contributed by atoms with Gasteiger partial charge in [-0.3, -0.25) is 9.59 Å². The van der Waals surface area contributed by atoms with Crippen molar-refractivity contribution in [1.82, 2.24) is 0 Å². The van der Waals surface area contributed by atoms with Crippen molar-refractivity contribution >= 4 is 17.6 Å². The monoisotopic (exact) mass is 240 g/mol. The van der Waals surface area contributed by atoms with Crippen molar-refractivity contribution in [2.45, 2.75) is 6.92 Å². The largest absolute Gasteiger partial charge is 0.480 e. The van der Waals surface area contributed by atoms with Crippen LogP contribution in [0, 0.1) is 5.82 Å². The van der Waals surface area contributed by atoms with E-state index in [1.54, 1.807) is 6.92 Å². The zero-order valence-corrected chi connectivity index (χ0v) is 9.31. The number of hydrogen-bond donors (Lipinski definition) is 2. The summed E-state index contributed by atoms with van der Waals surface area (Å²) in [6.45, 7) is 1.76. The highest BCUT2D eigenvalue weighted by atomic mass is 19.1. The minimum Gasteiger partial charge on any atom is -0.480 e. The molecule has 1 rings (SSSR count). The van der Waals surface area contributed by atoms with Gasteiger partial charge in [0.05, 0.1) is 5.69 Å². The van der Waals surface area contributed by atoms with Gasteiger partial charge in [-0.25, -0.2) is 4.39 Å². The quantitative estimate of drug-likeness (QED) is 0.798. The van der Waals surface area contributed by atoms with E-state index in [0.717, 1.165) is 6.07 Å². The Hall–Kier alpha value is -2.11. The number of nitrogens with two attached hydrogens (primary N) is 1. The molecular weight excluding hydrogens is 227 g/mol. The fourth-order valence-electron chi connectivity index (χ4n) is 1.45. The van der Waals surface area contributed by atoms with Crippen molar-refractivity contribution in [2.75, 3.05) is 18.0 Å². The highest BCUT2D eigenvalue weighted by molar-refractivity contribution is 5.93. The number of hydrogen-bond acceptors (Lipinski definition) is 3. The Kier molecular flexibility index (Phi) is 4.03. The van der Waals surface area contributed by atoms with Crippen LogP contribution in [0.5, 0.6) is 0 Å². The molecule has 0 saturated carbocycles. The Morgan fingerprint density at radius 3 is 2.53 bits per heavy atom. The third kappa shape index (κ3) is 3.17. The molecule has 1 aromatic carbocycles. The van der Waals surface area contributed by atoms with Crippen LogP contribution in [0.4, 0.5) is 10.1 Å². The predicted octanol–water partition coefficient (Wildman–Crippen LogP) is 0.835. The van der Waals surface area contributed by atoms with Gasteiger partial charge < -0.3 is 15.7 Å². The number of carbonyl (C=O) groups is 2. The van der Waals surface area contributed by atoms with Crippen LogP contribution < -0.4 is 10.6 Å². The van der Waals surface area contributed by atoms with E-state index < -0.39 is 17.7 Å². The van der Waals surface area contributed by atoms with Gasteiger partial charge in [-0.2, -0.15) is 0 Å². The minimum atomic E-state index is -1.05. The summed E-state index contributed by atoms with van der Waals surface area (Å²) >= 11 is 0. The van der Waals surface area contributed by atoms with Crippen LogP contribution in [0.2, 0.25) is 0 Å². The standard InChI is InChI=1S/C11H13FN2O3/c1-2-14(6-10(15)16)9-4-3-7(11(13)17)5-8(9)12/h3-5H,2,6H2,1H3,(H2,13,17)(H,15,16). The minimum absolute atomic E-state index is 0.0534. The summed E-state index contributed by atoms with van der Waals surface area (Å²) in [7, 11) is 0. The third-order valence-corrected chi connectivity index (χ3v) is 2.28. The van der Waals surface area contributed by atoms with E-state index in [1.165, 1.54) is 17.0 Å². The maximum Gasteiger partial charge on any atom is 0.323 e. The van der Waals surface area contributed by atoms with Gasteiger partial charge in [0.2, 0.25) is 5.91 Å². The first kappa shape index (κ1) is 13.0. The summed E-state index contributed by atoms with van der Waals surface area (Å²) in [5.74, 6) is -2.44. The fraction of sp³-hybridized carbons (Fsp3) is 0.273. The molecule has 0 bridgehead atoms. The van der Waals surface area contributed by atoms with Crippen LogP contribution in [0.25, 0.3) is 0 Å². The first-order chi connectivity index (χ1) is 7.95. The lowest BCUT2D eigenvalue weighted by Crippen LogP contribution is -2.30. The topological polar surface area (TPSA) is 83.6 Å². The van der Waals surface area contributed by atoms with Gasteiger partial charge in [-0.15, -0.1) is 0 Å². The molecule has 0 radical (unpaired) electrons. The molecule has 0 spiro atoms. The van der Waals surface area contributed by atoms with Gasteiger partial charge in [0, 0.05) is 12.1 Å². The normalized spacial score (nSPS) is 10.0. The van der Waals surface area contributed by atoms with Gasteiger partial charge in [-0.1, -0.05) is 0 Å². The van der Waals surface area contributed by atoms with Gasteiger partial charge in [-0.05, 0) is 25.1 Å². The summed E-state index contributed by atoms with van der Waals surface area (Å²) in [5, 5.41) is 8.67. The zero-order chi connectivity index (χ0) is 13.0. The number of carboxylic acids is 1. The summed E-state index contributed by atoms with van der Waals surface area (Å²) in [6.07, 6.45) is 0. The molecule has 92 valence electrons. The molecule has 0 aliphatic rings. The number of amides is 1. The maximum absolute atomic E-state index is 13.7. The lowest BCUT2D eigenvalue weighted by Gasteiger charge is -2.21. The predicted molar refractivity (Wildman–Crippen MR) is 60.4 cm³/mol. The average Bonchev–Trinajstić information content (AvgIpc) is 2.25. The first-order valence-electron chi connectivity index (χ1n) is 5.01. The number of rotatable bonds is 5. The fourth-order valence-corrected chi connectivity index (χ4v) is 1.45. The Bertz CT molecular complexity index is 448. The molecule has 0 aliphatic carbocycles. The Morgan fingerprint density at radius 1 is 1.47 bits per heavy atom. The molecule has 17 heavy (non-hydrogen) atoms. The van der Waals surface area contributed by atoms with Gasteiger partial charge in [0.15, 0.2) is 0 Å². The lowest BCUT2D eigenvalue weighted by molar-refractivity contribution is -0.135. The van der Waals surface area contributed by atoms with Crippen molar-refractivity contribution in [2.24, 2.45) is 5.73 Å². The van der Waals surface area contributed by atoms with Gasteiger partial charge in [0.25, 0.3) is 0 Å². The van der Waals surface area contributed by atoms with E-state index in [2.05, 4.69) is 0 Å². The van der Waals surface area contributed by atoms with Gasteiger partial charge >= 0.3 is 5.97 Å². The highest BCUT2D eigenvalue weighted by Crippen LogP contribution is 2.20. The Labute approximate surface area is 97.6 Å². The second-order valence-electron chi connectivity index (χ2n) is 3.44. The molecule has 3 N–H and O–H groups in total. The van der Waals surface area contributed by atoms with Crippen LogP contribution in [0.3, 0.4) is 0 Å². The van der Waals surface area contributed by atoms with Crippen LogP contribution >= 0.6 is 0 Å². The number of anilines is 1. The molecule has 0 aliphatic heterocycles. The molecule has 0 unspecified atom stereocenters. The van der Waals surface area contributed by atoms with Crippen LogP contribution in [0.15, 0.2) is 18.2 Å². The van der Waals surface area contributed by atoms with E-state index in [9.17, 15) is 14.0 Å². The molecule has 1 aromatic rings. The highest BCUT2D eigenvalue weighted by Gasteiger charge is 2.14. The molecular formula is C11H13FN2O3. The number of carboxylic acid groups (broad SMARTS) is 1. The number of benzene rings is 1. The summed E-state index contributed by atoms with van der Waals surface area (Å²) in [5.41, 5.74) is 5.20. The second-order valence-corrected chi connectivity index (χ2v) is 3.44. The summed E-state index contributed by atoms with van der Waals surface area (Å²) in [4.78, 5) is 22.8. The van der Waals surface area contributed by atoms with Crippen molar-refractivity contribution < 1.29 is 19.1 Å². The number of primary amides is 1. The van der Waals surface area contributed by atoms with E-state index in [0.29, 0.717) is 6.54 Å². The smallest absolute Gasteiger partial charge is 0.323 e. The number of halogens is 1. The number of aliphatic carboxylic acids is 1. The van der Waals surface area contributed by atoms with Crippen molar-refractivity contribution in [1.29, 1.82) is 0 Å². The molecule has 0 atom stereocenters. The van der Waals surface area contributed by atoms with E-state index >= 15 is 0 Å². The van der Waals surface area contributed by atoms with Crippen LogP contribution in [-0.4, -0.2) is 30.1 Å². The number of nitrogens with zero attached hydrogens (tertiary/aromatic N) is 1. The molecule has 5 nitrogen and oxygen atoms in total. The SMILES string of the molecule is CCN(CC(=O)O)c1ccc(C(N)=O)cc1F. The molecule has 0 aromatic heterocycles. The summed E-state index contributed by atoms with van der Waals surface area (Å²) < 4.78 is 13.7. The summed E-state index contributed by atoms with van der Waals surface area (Å²) in [6, 6.07) is 3.72. The second kappa shape index (κ2) is 5.29. The molecule has 0 heterocycles. The van der Waals surface area contributed by atoms with E-state index in [-0.39, 0.29) is 17.8 Å². The maximum atomic E-state index is 13.7. The number of likely N-dealkylation sites (N-methyl/N-ethyl adjacent to an activating group) is 1. The van der Waals surface area contributed by atoms with Crippen LogP contribution in [0.1, 0.15) is 17.3 Å². The van der Waals surface area contributed by atoms with Crippen molar-refractivity contribution in [3.8, 4) is 0 Å². The Balaban J connectivity index is 3.04. The molecule has 0 saturated heterocycles. The van der Waals surface area contributed by atoms with Crippen LogP contribution in [-0.2, 0) is 4.79 Å². The lowest BCUT2D eigenvalue weighted by atomic mass is 10.1. The zero-order valence-electron chi connectivity index (χ0n) is 9.31. The van der Waals surface area contributed by atoms with Crippen molar-refractivity contribution in [3.05, 3.63) is 29.6 Å². The van der Waals surface area contributed by atoms with E-state index in [4.69, 9.17) is 10.8 Å². The first-order valence-corrected chi connectivity index (χ1v) is 5.01. The van der Waals surface area contributed by atoms with E-state index in [1.807, 2.05) is 0 Å². The third-order valence-electron chi connectivity index (χ3n) is 2.28. The number of carbonyl (C=O) groups excluding carboxylic acids is 1. The van der Waals surface area contributed by atoms with Gasteiger partial charge in [0.1, 0.15) is 12.4 Å². The molecule has 6 heteroatoms. The molecule has 0 fully saturated rings. The Morgan fingerprint density at radius 2 is 2.12 bits per heavy atom.